The maximum absolute atomic E-state index is 13.6. The second-order valence-corrected chi connectivity index (χ2v) is 9.45. The Kier molecular flexibility index (Phi) is 7.09. The minimum absolute atomic E-state index is 0.0133. The molecule has 5 aromatic rings. The highest BCUT2D eigenvalue weighted by Crippen LogP contribution is 2.38. The van der Waals surface area contributed by atoms with Crippen LogP contribution in [0.5, 0.6) is 0 Å². The normalized spacial score (nSPS) is 12.5. The minimum atomic E-state index is -4.48. The van der Waals surface area contributed by atoms with Gasteiger partial charge in [0.25, 0.3) is 0 Å². The molecule has 7 heteroatoms. The fourth-order valence-electron chi connectivity index (χ4n) is 4.77. The van der Waals surface area contributed by atoms with Gasteiger partial charge < -0.3 is 14.3 Å². The zero-order valence-electron chi connectivity index (χ0n) is 20.8. The van der Waals surface area contributed by atoms with Gasteiger partial charge in [-0.3, -0.25) is 4.79 Å². The van der Waals surface area contributed by atoms with Crippen LogP contribution < -0.4 is 5.32 Å². The van der Waals surface area contributed by atoms with E-state index in [1.54, 1.807) is 18.2 Å². The molecule has 1 atom stereocenters. The number of hydrogen-bond donors (Lipinski definition) is 1. The van der Waals surface area contributed by atoms with E-state index in [4.69, 9.17) is 4.42 Å². The molecule has 5 rings (SSSR count). The van der Waals surface area contributed by atoms with E-state index in [-0.39, 0.29) is 18.9 Å². The Labute approximate surface area is 218 Å². The highest BCUT2D eigenvalue weighted by Gasteiger charge is 2.32. The number of fused-ring (bicyclic) bond motifs is 1. The number of nitrogens with one attached hydrogen (secondary N) is 1. The molecule has 0 bridgehead atoms. The summed E-state index contributed by atoms with van der Waals surface area (Å²) < 4.78 is 48.2. The van der Waals surface area contributed by atoms with Crippen LogP contribution in [0.4, 0.5) is 13.2 Å². The molecule has 0 saturated heterocycles. The molecule has 1 amide bonds. The molecule has 0 aliphatic heterocycles. The van der Waals surface area contributed by atoms with Crippen molar-refractivity contribution in [1.29, 1.82) is 0 Å². The Morgan fingerprint density at radius 2 is 1.76 bits per heavy atom. The van der Waals surface area contributed by atoms with Crippen LogP contribution in [-0.4, -0.2) is 10.5 Å². The molecule has 1 unspecified atom stereocenters. The molecule has 0 saturated carbocycles. The Morgan fingerprint density at radius 3 is 2.50 bits per heavy atom. The number of hydrogen-bond acceptors (Lipinski definition) is 2. The zero-order chi connectivity index (χ0) is 26.7. The average molecular weight is 517 g/mol. The third-order valence-electron chi connectivity index (χ3n) is 6.71. The van der Waals surface area contributed by atoms with E-state index in [0.29, 0.717) is 17.9 Å². The van der Waals surface area contributed by atoms with E-state index < -0.39 is 17.7 Å². The van der Waals surface area contributed by atoms with Crippen molar-refractivity contribution < 1.29 is 22.4 Å². The topological polar surface area (TPSA) is 47.2 Å². The summed E-state index contributed by atoms with van der Waals surface area (Å²) in [5, 5.41) is 3.74. The third kappa shape index (κ3) is 5.67. The van der Waals surface area contributed by atoms with Gasteiger partial charge in [0.15, 0.2) is 0 Å². The van der Waals surface area contributed by atoms with Gasteiger partial charge in [-0.25, -0.2) is 0 Å². The number of alkyl halides is 3. The number of carbonyl (C=O) groups is 1. The molecule has 0 aliphatic carbocycles. The fraction of sp³-hybridized carbons (Fsp3) is 0.194. The Bertz CT molecular complexity index is 1530. The highest BCUT2D eigenvalue weighted by molar-refractivity contribution is 5.86. The number of carbonyl (C=O) groups excluding carboxylic acids is 1. The number of aromatic nitrogens is 1. The van der Waals surface area contributed by atoms with Crippen LogP contribution in [0.1, 0.15) is 45.9 Å². The van der Waals surface area contributed by atoms with E-state index in [0.717, 1.165) is 39.7 Å². The van der Waals surface area contributed by atoms with E-state index >= 15 is 0 Å². The monoisotopic (exact) mass is 516 g/mol. The number of halogens is 3. The average Bonchev–Trinajstić information content (AvgIpc) is 3.55. The number of benzene rings is 3. The first kappa shape index (κ1) is 25.4. The lowest BCUT2D eigenvalue weighted by Crippen LogP contribution is -2.25. The molecular weight excluding hydrogens is 489 g/mol. The maximum atomic E-state index is 13.6. The van der Waals surface area contributed by atoms with Gasteiger partial charge in [0, 0.05) is 36.0 Å². The Hall–Kier alpha value is -4.26. The van der Waals surface area contributed by atoms with Crippen LogP contribution in [0.15, 0.2) is 102 Å². The summed E-state index contributed by atoms with van der Waals surface area (Å²) in [7, 11) is 0. The lowest BCUT2D eigenvalue weighted by Gasteiger charge is -2.19. The predicted molar refractivity (Wildman–Crippen MR) is 141 cm³/mol. The summed E-state index contributed by atoms with van der Waals surface area (Å²) >= 11 is 0. The van der Waals surface area contributed by atoms with Crippen molar-refractivity contribution in [3.8, 4) is 0 Å². The molecule has 0 fully saturated rings. The minimum Gasteiger partial charge on any atom is -0.467 e. The second-order valence-electron chi connectivity index (χ2n) is 9.45. The lowest BCUT2D eigenvalue weighted by molar-refractivity contribution is -0.137. The first-order chi connectivity index (χ1) is 18.3. The third-order valence-corrected chi connectivity index (χ3v) is 6.71. The molecule has 0 spiro atoms. The van der Waals surface area contributed by atoms with Crippen molar-refractivity contribution in [3.63, 3.8) is 0 Å². The summed E-state index contributed by atoms with van der Waals surface area (Å²) in [6.07, 6.45) is -1.01. The van der Waals surface area contributed by atoms with Gasteiger partial charge >= 0.3 is 6.18 Å². The number of nitrogens with zero attached hydrogens (tertiary/aromatic N) is 1. The Balaban J connectivity index is 1.54. The molecule has 0 aliphatic rings. The maximum Gasteiger partial charge on any atom is 0.416 e. The molecule has 0 radical (unpaired) electrons. The van der Waals surface area contributed by atoms with Crippen LogP contribution in [0.2, 0.25) is 0 Å². The lowest BCUT2D eigenvalue weighted by atomic mass is 9.87. The van der Waals surface area contributed by atoms with Crippen LogP contribution >= 0.6 is 0 Å². The zero-order valence-corrected chi connectivity index (χ0v) is 20.8. The highest BCUT2D eigenvalue weighted by atomic mass is 19.4. The van der Waals surface area contributed by atoms with Gasteiger partial charge in [-0.2, -0.15) is 13.2 Å². The number of furan rings is 1. The van der Waals surface area contributed by atoms with E-state index in [9.17, 15) is 18.0 Å². The van der Waals surface area contributed by atoms with Crippen LogP contribution in [-0.2, 0) is 24.1 Å². The van der Waals surface area contributed by atoms with Gasteiger partial charge in [-0.05, 0) is 47.9 Å². The summed E-state index contributed by atoms with van der Waals surface area (Å²) in [5.74, 6) is -0.263. The van der Waals surface area contributed by atoms with Crippen molar-refractivity contribution in [2.45, 2.75) is 38.5 Å². The van der Waals surface area contributed by atoms with Crippen molar-refractivity contribution in [2.75, 3.05) is 0 Å². The van der Waals surface area contributed by atoms with Crippen molar-refractivity contribution in [3.05, 3.63) is 131 Å². The fourth-order valence-corrected chi connectivity index (χ4v) is 4.77. The molecule has 38 heavy (non-hydrogen) atoms. The smallest absolute Gasteiger partial charge is 0.416 e. The van der Waals surface area contributed by atoms with E-state index in [1.807, 2.05) is 37.4 Å². The molecule has 194 valence electrons. The number of amides is 1. The largest absolute Gasteiger partial charge is 0.467 e. The summed E-state index contributed by atoms with van der Waals surface area (Å²) in [5.41, 5.74) is 3.73. The van der Waals surface area contributed by atoms with Gasteiger partial charge in [-0.1, -0.05) is 66.2 Å². The Morgan fingerprint density at radius 1 is 0.974 bits per heavy atom. The summed E-state index contributed by atoms with van der Waals surface area (Å²) in [4.78, 5) is 13.1. The molecule has 2 aromatic heterocycles. The van der Waals surface area contributed by atoms with Gasteiger partial charge in [0.2, 0.25) is 5.91 Å². The van der Waals surface area contributed by atoms with Gasteiger partial charge in [0.1, 0.15) is 5.76 Å². The summed E-state index contributed by atoms with van der Waals surface area (Å²) in [6.45, 7) is 2.83. The van der Waals surface area contributed by atoms with Gasteiger partial charge in [-0.15, -0.1) is 0 Å². The quantitative estimate of drug-likeness (QED) is 0.233. The van der Waals surface area contributed by atoms with Gasteiger partial charge in [0.05, 0.1) is 18.4 Å². The second kappa shape index (κ2) is 10.6. The molecular formula is C31H27F3N2O2. The van der Waals surface area contributed by atoms with Crippen LogP contribution in [0, 0.1) is 6.92 Å². The first-order valence-electron chi connectivity index (χ1n) is 12.4. The number of rotatable bonds is 8. The first-order valence-corrected chi connectivity index (χ1v) is 12.4. The van der Waals surface area contributed by atoms with E-state index in [2.05, 4.69) is 34.1 Å². The molecule has 4 nitrogen and oxygen atoms in total. The van der Waals surface area contributed by atoms with E-state index in [1.165, 1.54) is 12.3 Å². The number of aryl methyl sites for hydroxylation is 1. The molecule has 1 N–H and O–H groups in total. The number of para-hydroxylation sites is 1. The van der Waals surface area contributed by atoms with Crippen molar-refractivity contribution in [2.24, 2.45) is 0 Å². The SMILES string of the molecule is Cc1ccc(Cn2cc(C(CC(=O)NCc3ccco3)c3cccc(C(F)(F)F)c3)c3ccccc32)cc1. The van der Waals surface area contributed by atoms with Crippen molar-refractivity contribution >= 4 is 16.8 Å². The van der Waals surface area contributed by atoms with Crippen LogP contribution in [0.3, 0.4) is 0 Å². The molecule has 2 heterocycles. The van der Waals surface area contributed by atoms with Crippen LogP contribution in [0.25, 0.3) is 10.9 Å². The molecule has 3 aromatic carbocycles. The summed E-state index contributed by atoms with van der Waals surface area (Å²) in [6, 6.07) is 24.8. The predicted octanol–water partition coefficient (Wildman–Crippen LogP) is 7.45. The van der Waals surface area contributed by atoms with Crippen molar-refractivity contribution in [1.82, 2.24) is 9.88 Å². The standard InChI is InChI=1S/C31H27F3N2O2/c1-21-11-13-22(14-12-21)19-36-20-28(26-9-2-3-10-29(26)36)27(17-30(37)35-18-25-8-5-15-38-25)23-6-4-7-24(16-23)31(32,33)34/h2-16,20,27H,17-19H2,1H3,(H,35,37).